The van der Waals surface area contributed by atoms with Crippen molar-refractivity contribution in [2.45, 2.75) is 52.2 Å². The van der Waals surface area contributed by atoms with Crippen LogP contribution < -0.4 is 25.0 Å². The zero-order valence-corrected chi connectivity index (χ0v) is 29.5. The Morgan fingerprint density at radius 3 is 2.45 bits per heavy atom. The number of fused-ring (bicyclic) bond motifs is 1. The molecule has 0 bridgehead atoms. The second-order valence-corrected chi connectivity index (χ2v) is 12.9. The number of thiophene rings is 1. The molecule has 1 aliphatic rings. The first-order chi connectivity index (χ1) is 23.7. The summed E-state index contributed by atoms with van der Waals surface area (Å²) in [6.07, 6.45) is 4.30. The number of hydrogen-bond donors (Lipinski definition) is 2. The van der Waals surface area contributed by atoms with E-state index in [4.69, 9.17) is 42.1 Å². The van der Waals surface area contributed by atoms with E-state index in [2.05, 4.69) is 15.8 Å². The topological polar surface area (TPSA) is 125 Å². The van der Waals surface area contributed by atoms with Gasteiger partial charge in [0.25, 0.3) is 11.8 Å². The molecule has 0 unspecified atom stereocenters. The number of nitrogens with zero attached hydrogens (tertiary/aromatic N) is 1. The maximum Gasteiger partial charge on any atom is 0.341 e. The fourth-order valence-corrected chi connectivity index (χ4v) is 6.94. The highest BCUT2D eigenvalue weighted by molar-refractivity contribution is 7.17. The molecule has 0 saturated carbocycles. The number of carbonyl (C=O) groups is 3. The van der Waals surface area contributed by atoms with Crippen molar-refractivity contribution in [1.82, 2.24) is 5.43 Å². The van der Waals surface area contributed by atoms with Gasteiger partial charge in [0.05, 0.1) is 25.5 Å². The average molecular weight is 725 g/mol. The van der Waals surface area contributed by atoms with Crippen LogP contribution in [-0.2, 0) is 29.0 Å². The molecule has 13 heteroatoms. The lowest BCUT2D eigenvalue weighted by atomic mass is 9.95. The Balaban J connectivity index is 1.14. The molecule has 0 aliphatic heterocycles. The minimum absolute atomic E-state index is 0.154. The third-order valence-electron chi connectivity index (χ3n) is 7.69. The molecule has 256 valence electrons. The Labute approximate surface area is 298 Å². The fourth-order valence-electron chi connectivity index (χ4n) is 5.16. The molecular weight excluding hydrogens is 689 g/mol. The standard InChI is InChI=1S/C36H35Cl2N3O7S/c1-4-46-36(44)32-25-8-5-6-11-31(25)49-35(32)40-34(43)23-13-15-24(16-14-23)48-21(2)33(42)41-39-19-22-12-17-29(30(18-22)45-3)47-20-26-27(37)9-7-10-28(26)38/h7,9-10,12-19,21H,4-6,8,11,20H2,1-3H3,(H,40,43)(H,41,42)/b39-19-/t21-/m0/s1. The predicted molar refractivity (Wildman–Crippen MR) is 191 cm³/mol. The Morgan fingerprint density at radius 1 is 1.00 bits per heavy atom. The van der Waals surface area contributed by atoms with Crippen LogP contribution in [0.1, 0.15) is 69.0 Å². The number of ether oxygens (including phenoxy) is 4. The van der Waals surface area contributed by atoms with Gasteiger partial charge in [0.15, 0.2) is 17.6 Å². The van der Waals surface area contributed by atoms with Gasteiger partial charge < -0.3 is 24.3 Å². The fraction of sp³-hybridized carbons (Fsp3) is 0.278. The van der Waals surface area contributed by atoms with Crippen LogP contribution in [0.2, 0.25) is 10.0 Å². The summed E-state index contributed by atoms with van der Waals surface area (Å²) in [5.74, 6) is 0.0711. The minimum atomic E-state index is -0.886. The molecule has 1 aromatic heterocycles. The molecule has 5 rings (SSSR count). The SMILES string of the molecule is CCOC(=O)c1c(NC(=O)c2ccc(O[C@@H](C)C(=O)N/N=C\c3ccc(OCc4c(Cl)cccc4Cl)c(OC)c3)cc2)sc2c1CCCC2. The third kappa shape index (κ3) is 8.91. The molecule has 0 saturated heterocycles. The van der Waals surface area contributed by atoms with E-state index in [0.29, 0.717) is 54.5 Å². The predicted octanol–water partition coefficient (Wildman–Crippen LogP) is 7.87. The number of hydrazone groups is 1. The van der Waals surface area contributed by atoms with Crippen LogP contribution in [0, 0.1) is 0 Å². The lowest BCUT2D eigenvalue weighted by Crippen LogP contribution is -2.33. The summed E-state index contributed by atoms with van der Waals surface area (Å²) >= 11 is 13.9. The van der Waals surface area contributed by atoms with Crippen molar-refractivity contribution in [3.63, 3.8) is 0 Å². The Kier molecular flexibility index (Phi) is 12.2. The number of nitrogens with one attached hydrogen (secondary N) is 2. The number of anilines is 1. The van der Waals surface area contributed by atoms with E-state index in [1.165, 1.54) is 24.7 Å². The van der Waals surface area contributed by atoms with Crippen molar-refractivity contribution in [3.05, 3.63) is 103 Å². The van der Waals surface area contributed by atoms with Crippen LogP contribution in [-0.4, -0.2) is 43.8 Å². The van der Waals surface area contributed by atoms with Crippen molar-refractivity contribution in [1.29, 1.82) is 0 Å². The first-order valence-corrected chi connectivity index (χ1v) is 17.2. The number of hydrogen-bond acceptors (Lipinski definition) is 9. The molecule has 2 amide bonds. The van der Waals surface area contributed by atoms with Gasteiger partial charge in [-0.1, -0.05) is 29.3 Å². The Bertz CT molecular complexity index is 1840. The molecule has 0 radical (unpaired) electrons. The molecular formula is C36H35Cl2N3O7S. The van der Waals surface area contributed by atoms with Gasteiger partial charge in [-0.3, -0.25) is 9.59 Å². The molecule has 10 nitrogen and oxygen atoms in total. The van der Waals surface area contributed by atoms with Crippen LogP contribution in [0.3, 0.4) is 0 Å². The number of methoxy groups -OCH3 is 1. The summed E-state index contributed by atoms with van der Waals surface area (Å²) < 4.78 is 22.4. The van der Waals surface area contributed by atoms with Gasteiger partial charge in [-0.2, -0.15) is 5.10 Å². The first kappa shape index (κ1) is 35.7. The second kappa shape index (κ2) is 16.7. The smallest absolute Gasteiger partial charge is 0.341 e. The lowest BCUT2D eigenvalue weighted by molar-refractivity contribution is -0.127. The maximum absolute atomic E-state index is 13.1. The van der Waals surface area contributed by atoms with E-state index >= 15 is 0 Å². The van der Waals surface area contributed by atoms with Gasteiger partial charge in [0, 0.05) is 26.0 Å². The largest absolute Gasteiger partial charge is 0.493 e. The number of benzene rings is 3. The molecule has 4 aromatic rings. The number of rotatable bonds is 13. The Hall–Kier alpha value is -4.58. The number of aryl methyl sites for hydroxylation is 1. The van der Waals surface area contributed by atoms with Crippen LogP contribution in [0.15, 0.2) is 65.8 Å². The average Bonchev–Trinajstić information content (AvgIpc) is 3.46. The highest BCUT2D eigenvalue weighted by atomic mass is 35.5. The summed E-state index contributed by atoms with van der Waals surface area (Å²) in [5, 5.41) is 8.45. The Morgan fingerprint density at radius 2 is 1.73 bits per heavy atom. The number of halogens is 2. The maximum atomic E-state index is 13.1. The summed E-state index contributed by atoms with van der Waals surface area (Å²) in [6, 6.07) is 16.8. The summed E-state index contributed by atoms with van der Waals surface area (Å²) in [7, 11) is 1.52. The summed E-state index contributed by atoms with van der Waals surface area (Å²) in [5.41, 5.74) is 5.59. The summed E-state index contributed by atoms with van der Waals surface area (Å²) in [4.78, 5) is 39.6. The van der Waals surface area contributed by atoms with Crippen LogP contribution in [0.5, 0.6) is 17.2 Å². The molecule has 1 heterocycles. The van der Waals surface area contributed by atoms with Crippen molar-refractivity contribution < 1.29 is 33.3 Å². The normalized spacial score (nSPS) is 12.9. The molecule has 2 N–H and O–H groups in total. The number of carbonyl (C=O) groups excluding carboxylic acids is 3. The zero-order chi connectivity index (χ0) is 34.9. The van der Waals surface area contributed by atoms with Crippen LogP contribution in [0.4, 0.5) is 5.00 Å². The van der Waals surface area contributed by atoms with Crippen molar-refractivity contribution in [2.24, 2.45) is 5.10 Å². The first-order valence-electron chi connectivity index (χ1n) is 15.6. The molecule has 49 heavy (non-hydrogen) atoms. The minimum Gasteiger partial charge on any atom is -0.493 e. The highest BCUT2D eigenvalue weighted by Crippen LogP contribution is 2.39. The van der Waals surface area contributed by atoms with Crippen molar-refractivity contribution in [3.8, 4) is 17.2 Å². The van der Waals surface area contributed by atoms with Gasteiger partial charge in [-0.25, -0.2) is 10.2 Å². The number of esters is 1. The van der Waals surface area contributed by atoms with E-state index < -0.39 is 18.0 Å². The van der Waals surface area contributed by atoms with E-state index in [0.717, 1.165) is 36.1 Å². The quantitative estimate of drug-likeness (QED) is 0.0817. The van der Waals surface area contributed by atoms with E-state index in [9.17, 15) is 14.4 Å². The molecule has 1 atom stereocenters. The number of amides is 2. The highest BCUT2D eigenvalue weighted by Gasteiger charge is 2.27. The van der Waals surface area contributed by atoms with E-state index in [1.54, 1.807) is 74.5 Å². The third-order valence-corrected chi connectivity index (χ3v) is 9.60. The van der Waals surface area contributed by atoms with Crippen molar-refractivity contribution >= 4 is 63.5 Å². The second-order valence-electron chi connectivity index (χ2n) is 11.0. The molecule has 0 fully saturated rings. The van der Waals surface area contributed by atoms with Crippen LogP contribution >= 0.6 is 34.5 Å². The summed E-state index contributed by atoms with van der Waals surface area (Å²) in [6.45, 7) is 3.75. The lowest BCUT2D eigenvalue weighted by Gasteiger charge is -2.14. The van der Waals surface area contributed by atoms with Gasteiger partial charge in [0.1, 0.15) is 17.4 Å². The van der Waals surface area contributed by atoms with Gasteiger partial charge in [-0.15, -0.1) is 11.3 Å². The molecule has 3 aromatic carbocycles. The zero-order valence-electron chi connectivity index (χ0n) is 27.1. The van der Waals surface area contributed by atoms with Gasteiger partial charge in [0.2, 0.25) is 0 Å². The molecule has 0 spiro atoms. The van der Waals surface area contributed by atoms with Gasteiger partial charge in [-0.05, 0) is 105 Å². The van der Waals surface area contributed by atoms with Gasteiger partial charge >= 0.3 is 5.97 Å². The van der Waals surface area contributed by atoms with Crippen molar-refractivity contribution in [2.75, 3.05) is 19.0 Å². The van der Waals surface area contributed by atoms with E-state index in [-0.39, 0.29) is 19.1 Å². The monoisotopic (exact) mass is 723 g/mol. The molecule has 1 aliphatic carbocycles. The van der Waals surface area contributed by atoms with Crippen LogP contribution in [0.25, 0.3) is 0 Å². The van der Waals surface area contributed by atoms with E-state index in [1.807, 2.05) is 0 Å².